The molecule has 1 amide bonds. The molecule has 0 aliphatic heterocycles. The Morgan fingerprint density at radius 3 is 2.30 bits per heavy atom. The number of halogens is 2. The number of benzene rings is 2. The van der Waals surface area contributed by atoms with Crippen molar-refractivity contribution in [3.8, 4) is 0 Å². The van der Waals surface area contributed by atoms with Gasteiger partial charge in [0.15, 0.2) is 0 Å². The predicted molar refractivity (Wildman–Crippen MR) is 90.5 cm³/mol. The van der Waals surface area contributed by atoms with E-state index in [0.29, 0.717) is 16.6 Å². The molecule has 0 saturated carbocycles. The smallest absolute Gasteiger partial charge is 0.237 e. The van der Waals surface area contributed by atoms with E-state index in [0.717, 1.165) is 16.6 Å². The molecule has 1 heterocycles. The van der Waals surface area contributed by atoms with Gasteiger partial charge in [0.25, 0.3) is 0 Å². The molecule has 3 rings (SSSR count). The molecule has 3 N–H and O–H groups in total. The molecule has 0 unspecified atom stereocenters. The molecular formula is C16H14Cl2N4O. The third kappa shape index (κ3) is 2.98. The first kappa shape index (κ1) is 15.6. The van der Waals surface area contributed by atoms with Crippen molar-refractivity contribution in [2.45, 2.75) is 13.1 Å². The summed E-state index contributed by atoms with van der Waals surface area (Å²) in [4.78, 5) is 11.3. The van der Waals surface area contributed by atoms with Gasteiger partial charge in [0.05, 0.1) is 27.6 Å². The van der Waals surface area contributed by atoms with E-state index in [1.54, 1.807) is 21.3 Å². The molecular weight excluding hydrogens is 335 g/mol. The molecule has 0 atom stereocenters. The average molecular weight is 349 g/mol. The molecule has 118 valence electrons. The van der Waals surface area contributed by atoms with Gasteiger partial charge in [-0.2, -0.15) is 0 Å². The van der Waals surface area contributed by atoms with E-state index in [1.165, 1.54) is 0 Å². The molecule has 5 nitrogen and oxygen atoms in total. The van der Waals surface area contributed by atoms with E-state index in [-0.39, 0.29) is 12.2 Å². The number of para-hydroxylation sites is 2. The van der Waals surface area contributed by atoms with Crippen molar-refractivity contribution in [2.75, 3.05) is 0 Å². The number of nitrogens with two attached hydrogens (primary N) is 1. The zero-order chi connectivity index (χ0) is 16.6. The SMILES string of the molecule is N=c1n(CC(N)=O)c2ccccc2n1Cc1ccc(Cl)c(Cl)c1. The van der Waals surface area contributed by atoms with Crippen molar-refractivity contribution in [1.29, 1.82) is 5.41 Å². The summed E-state index contributed by atoms with van der Waals surface area (Å²) in [7, 11) is 0. The molecule has 3 aromatic rings. The van der Waals surface area contributed by atoms with Crippen LogP contribution in [-0.4, -0.2) is 15.0 Å². The number of nitrogens with zero attached hydrogens (tertiary/aromatic N) is 2. The standard InChI is InChI=1S/C16H14Cl2N4O/c17-11-6-5-10(7-12(11)18)8-21-13-3-1-2-4-14(13)22(16(21)20)9-15(19)23/h1-7,20H,8-9H2,(H2,19,23). The molecule has 1 aromatic heterocycles. The van der Waals surface area contributed by atoms with Crippen molar-refractivity contribution in [3.63, 3.8) is 0 Å². The lowest BCUT2D eigenvalue weighted by Crippen LogP contribution is -2.30. The molecule has 7 heteroatoms. The monoisotopic (exact) mass is 348 g/mol. The van der Waals surface area contributed by atoms with Gasteiger partial charge in [0.1, 0.15) is 6.54 Å². The summed E-state index contributed by atoms with van der Waals surface area (Å²) in [5.74, 6) is -0.485. The van der Waals surface area contributed by atoms with Gasteiger partial charge in [-0.3, -0.25) is 10.2 Å². The molecule has 0 spiro atoms. The van der Waals surface area contributed by atoms with E-state index in [1.807, 2.05) is 30.3 Å². The summed E-state index contributed by atoms with van der Waals surface area (Å²) in [6.45, 7) is 0.412. The van der Waals surface area contributed by atoms with Gasteiger partial charge in [-0.25, -0.2) is 0 Å². The highest BCUT2D eigenvalue weighted by molar-refractivity contribution is 6.42. The van der Waals surface area contributed by atoms with Crippen LogP contribution in [0.4, 0.5) is 0 Å². The molecule has 0 aliphatic carbocycles. The summed E-state index contributed by atoms with van der Waals surface area (Å²) in [6.07, 6.45) is 0. The topological polar surface area (TPSA) is 76.8 Å². The van der Waals surface area contributed by atoms with Gasteiger partial charge in [0.2, 0.25) is 11.5 Å². The first-order valence-corrected chi connectivity index (χ1v) is 7.68. The average Bonchev–Trinajstić information content (AvgIpc) is 2.76. The Hall–Kier alpha value is -2.24. The second-order valence-electron chi connectivity index (χ2n) is 5.20. The number of carbonyl (C=O) groups is 1. The fraction of sp³-hybridized carbons (Fsp3) is 0.125. The van der Waals surface area contributed by atoms with Gasteiger partial charge in [-0.05, 0) is 29.8 Å². The second kappa shape index (κ2) is 6.10. The number of nitrogens with one attached hydrogen (secondary N) is 1. The Labute approximate surface area is 142 Å². The van der Waals surface area contributed by atoms with E-state index in [2.05, 4.69) is 0 Å². The molecule has 0 saturated heterocycles. The maximum atomic E-state index is 11.3. The highest BCUT2D eigenvalue weighted by Crippen LogP contribution is 2.23. The quantitative estimate of drug-likeness (QED) is 0.747. The first-order chi connectivity index (χ1) is 11.0. The molecule has 0 bridgehead atoms. The lowest BCUT2D eigenvalue weighted by atomic mass is 10.2. The number of hydrogen-bond donors (Lipinski definition) is 2. The Bertz CT molecular complexity index is 958. The van der Waals surface area contributed by atoms with Crippen molar-refractivity contribution < 1.29 is 4.79 Å². The van der Waals surface area contributed by atoms with Crippen molar-refractivity contribution >= 4 is 40.1 Å². The van der Waals surface area contributed by atoms with Crippen LogP contribution in [-0.2, 0) is 17.9 Å². The lowest BCUT2D eigenvalue weighted by molar-refractivity contribution is -0.118. The molecule has 23 heavy (non-hydrogen) atoms. The Morgan fingerprint density at radius 1 is 1.04 bits per heavy atom. The van der Waals surface area contributed by atoms with Crippen molar-refractivity contribution in [3.05, 3.63) is 63.7 Å². The number of carbonyl (C=O) groups excluding carboxylic acids is 1. The number of hydrogen-bond acceptors (Lipinski definition) is 2. The first-order valence-electron chi connectivity index (χ1n) is 6.92. The Kier molecular flexibility index (Phi) is 4.15. The number of amides is 1. The molecule has 0 radical (unpaired) electrons. The number of rotatable bonds is 4. The van der Waals surface area contributed by atoms with Crippen LogP contribution in [0.1, 0.15) is 5.56 Å². The molecule has 0 fully saturated rings. The van der Waals surface area contributed by atoms with Crippen LogP contribution >= 0.6 is 23.2 Å². The zero-order valence-corrected chi connectivity index (χ0v) is 13.6. The van der Waals surface area contributed by atoms with Crippen LogP contribution in [0.15, 0.2) is 42.5 Å². The minimum Gasteiger partial charge on any atom is -0.368 e. The van der Waals surface area contributed by atoms with Crippen LogP contribution in [0.2, 0.25) is 10.0 Å². The van der Waals surface area contributed by atoms with Gasteiger partial charge in [0, 0.05) is 0 Å². The fourth-order valence-electron chi connectivity index (χ4n) is 2.59. The van der Waals surface area contributed by atoms with Crippen LogP contribution < -0.4 is 11.4 Å². The molecule has 0 aliphatic rings. The van der Waals surface area contributed by atoms with Crippen LogP contribution in [0.5, 0.6) is 0 Å². The summed E-state index contributed by atoms with van der Waals surface area (Å²) >= 11 is 12.0. The largest absolute Gasteiger partial charge is 0.368 e. The number of fused-ring (bicyclic) bond motifs is 1. The zero-order valence-electron chi connectivity index (χ0n) is 12.1. The minimum absolute atomic E-state index is 0.0340. The van der Waals surface area contributed by atoms with E-state index >= 15 is 0 Å². The summed E-state index contributed by atoms with van der Waals surface area (Å²) in [5.41, 5.74) is 8.06. The Balaban J connectivity index is 2.13. The highest BCUT2D eigenvalue weighted by atomic mass is 35.5. The van der Waals surface area contributed by atoms with Gasteiger partial charge < -0.3 is 14.9 Å². The number of imidazole rings is 1. The predicted octanol–water partition coefficient (Wildman–Crippen LogP) is 2.76. The highest BCUT2D eigenvalue weighted by Gasteiger charge is 2.12. The number of aromatic nitrogens is 2. The summed E-state index contributed by atoms with van der Waals surface area (Å²) in [6, 6.07) is 12.9. The molecule has 2 aromatic carbocycles. The van der Waals surface area contributed by atoms with Crippen LogP contribution in [0.3, 0.4) is 0 Å². The van der Waals surface area contributed by atoms with Crippen LogP contribution in [0.25, 0.3) is 11.0 Å². The van der Waals surface area contributed by atoms with E-state index < -0.39 is 5.91 Å². The number of primary amides is 1. The lowest BCUT2D eigenvalue weighted by Gasteiger charge is -2.06. The maximum Gasteiger partial charge on any atom is 0.237 e. The van der Waals surface area contributed by atoms with Gasteiger partial charge >= 0.3 is 0 Å². The van der Waals surface area contributed by atoms with Crippen molar-refractivity contribution in [2.24, 2.45) is 5.73 Å². The normalized spacial score (nSPS) is 11.0. The minimum atomic E-state index is -0.485. The van der Waals surface area contributed by atoms with Crippen LogP contribution in [0, 0.1) is 5.41 Å². The maximum absolute atomic E-state index is 11.3. The van der Waals surface area contributed by atoms with Crippen molar-refractivity contribution in [1.82, 2.24) is 9.13 Å². The van der Waals surface area contributed by atoms with Gasteiger partial charge in [-0.15, -0.1) is 0 Å². The second-order valence-corrected chi connectivity index (χ2v) is 6.01. The summed E-state index contributed by atoms with van der Waals surface area (Å²) < 4.78 is 3.40. The fourth-order valence-corrected chi connectivity index (χ4v) is 2.91. The third-order valence-corrected chi connectivity index (χ3v) is 4.35. The van der Waals surface area contributed by atoms with E-state index in [4.69, 9.17) is 34.3 Å². The Morgan fingerprint density at radius 2 is 1.70 bits per heavy atom. The summed E-state index contributed by atoms with van der Waals surface area (Å²) in [5, 5.41) is 9.33. The van der Waals surface area contributed by atoms with E-state index in [9.17, 15) is 4.79 Å². The van der Waals surface area contributed by atoms with Gasteiger partial charge in [-0.1, -0.05) is 41.4 Å². The third-order valence-electron chi connectivity index (χ3n) is 3.61.